The molecule has 8 nitrogen and oxygen atoms in total. The van der Waals surface area contributed by atoms with Crippen molar-refractivity contribution >= 4 is 23.4 Å². The molecule has 2 aromatic carbocycles. The average molecular weight is 727 g/mol. The average Bonchev–Trinajstić information content (AvgIpc) is 3.30. The van der Waals surface area contributed by atoms with E-state index in [1.54, 1.807) is 41.5 Å². The van der Waals surface area contributed by atoms with Gasteiger partial charge in [0.1, 0.15) is 16.2 Å². The summed E-state index contributed by atoms with van der Waals surface area (Å²) in [6, 6.07) is 4.69. The Hall–Kier alpha value is -3.08. The quantitative estimate of drug-likeness (QED) is 0.199. The molecule has 0 bridgehead atoms. The Balaban J connectivity index is 2.26. The van der Waals surface area contributed by atoms with Crippen LogP contribution in [0.15, 0.2) is 42.5 Å². The number of amides is 1. The molecule has 2 unspecified atom stereocenters. The van der Waals surface area contributed by atoms with Gasteiger partial charge in [-0.3, -0.25) is 9.69 Å². The molecule has 0 saturated carbocycles. The standard InChI is InChI=1S/C33H41F7N2O6S/c1-18(20-13-21(32(35,36)37)15-22(14-20)33(38,39)40)47-24-17-42(28(45)48-29(2,3)4)27(26(24)19-9-11-23(34)12-10-19)31(8,16-25(43)44)41-49(46)30(5,6)7/h9-15,18,24,26-27,41H,16-17H2,1-8H3,(H,43,44)/t18-,24+,26-,27-,31?,49?/m1/s1. The third-order valence-corrected chi connectivity index (χ3v) is 9.61. The minimum atomic E-state index is -5.12. The Labute approximate surface area is 283 Å². The predicted molar refractivity (Wildman–Crippen MR) is 167 cm³/mol. The van der Waals surface area contributed by atoms with Crippen LogP contribution in [0.3, 0.4) is 0 Å². The summed E-state index contributed by atoms with van der Waals surface area (Å²) in [5, 5.41) is 10.0. The van der Waals surface area contributed by atoms with Gasteiger partial charge in [0, 0.05) is 17.3 Å². The summed E-state index contributed by atoms with van der Waals surface area (Å²) in [5.74, 6) is -3.07. The van der Waals surface area contributed by atoms with Crippen LogP contribution in [-0.2, 0) is 38.0 Å². The summed E-state index contributed by atoms with van der Waals surface area (Å²) in [6.45, 7) is 11.9. The van der Waals surface area contributed by atoms with Gasteiger partial charge in [-0.15, -0.1) is 4.72 Å². The van der Waals surface area contributed by atoms with Crippen LogP contribution in [0.25, 0.3) is 0 Å². The Bertz CT molecular complexity index is 1460. The van der Waals surface area contributed by atoms with Crippen molar-refractivity contribution in [1.29, 1.82) is 0 Å². The van der Waals surface area contributed by atoms with Gasteiger partial charge in [-0.1, -0.05) is 12.1 Å². The number of alkyl halides is 6. The first-order chi connectivity index (χ1) is 22.1. The van der Waals surface area contributed by atoms with Gasteiger partial charge in [0.25, 0.3) is 0 Å². The molecule has 0 aromatic heterocycles. The zero-order chi connectivity index (χ0) is 37.5. The monoisotopic (exact) mass is 726 g/mol. The Morgan fingerprint density at radius 2 is 1.47 bits per heavy atom. The molecule has 49 heavy (non-hydrogen) atoms. The van der Waals surface area contributed by atoms with Crippen molar-refractivity contribution in [1.82, 2.24) is 9.62 Å². The van der Waals surface area contributed by atoms with Gasteiger partial charge >= 0.3 is 24.4 Å². The Kier molecular flexibility index (Phi) is 11.8. The van der Waals surface area contributed by atoms with E-state index in [9.17, 15) is 50.0 Å². The summed E-state index contributed by atoms with van der Waals surface area (Å²) in [5.41, 5.74) is -6.05. The number of hydrogen-bond acceptors (Lipinski definition) is 6. The molecule has 16 heteroatoms. The van der Waals surface area contributed by atoms with Crippen LogP contribution in [0, 0.1) is 5.82 Å². The first-order valence-electron chi connectivity index (χ1n) is 15.2. The molecular formula is C33H41F7N2O6S. The van der Waals surface area contributed by atoms with Crippen molar-refractivity contribution in [2.75, 3.05) is 6.54 Å². The number of nitrogens with one attached hydrogen (secondary N) is 1. The molecule has 3 rings (SSSR count). The second-order valence-corrected chi connectivity index (χ2v) is 16.2. The number of benzene rings is 2. The van der Waals surface area contributed by atoms with Gasteiger partial charge in [-0.05, 0) is 96.8 Å². The number of likely N-dealkylation sites (tertiary alicyclic amines) is 1. The summed E-state index contributed by atoms with van der Waals surface area (Å²) < 4.78 is 124. The summed E-state index contributed by atoms with van der Waals surface area (Å²) in [4.78, 5) is 27.3. The number of ether oxygens (including phenoxy) is 2. The van der Waals surface area contributed by atoms with Gasteiger partial charge in [0.05, 0.1) is 47.9 Å². The third kappa shape index (κ3) is 10.2. The van der Waals surface area contributed by atoms with Crippen LogP contribution in [0.5, 0.6) is 0 Å². The highest BCUT2D eigenvalue weighted by molar-refractivity contribution is 7.90. The number of carbonyl (C=O) groups excluding carboxylic acids is 1. The SMILES string of the molecule is C[C@@H](O[C@H]1CN(C(=O)OC(C)(C)C)[C@@H](C(C)(CC(=O)O)N[S+]([O-])C(C)(C)C)[C@@H]1c1ccc(F)cc1)c1cc(C(F)(F)F)cc(C(F)(F)F)c1. The number of carbonyl (C=O) groups is 2. The molecule has 1 aliphatic rings. The van der Waals surface area contributed by atoms with Crippen LogP contribution in [0.2, 0.25) is 0 Å². The highest BCUT2D eigenvalue weighted by Crippen LogP contribution is 2.46. The van der Waals surface area contributed by atoms with E-state index in [0.29, 0.717) is 17.7 Å². The fourth-order valence-electron chi connectivity index (χ4n) is 5.71. The van der Waals surface area contributed by atoms with E-state index in [2.05, 4.69) is 4.72 Å². The van der Waals surface area contributed by atoms with Crippen LogP contribution < -0.4 is 4.72 Å². The summed E-state index contributed by atoms with van der Waals surface area (Å²) >= 11 is -1.92. The fraction of sp³-hybridized carbons (Fsp3) is 0.576. The molecule has 1 amide bonds. The van der Waals surface area contributed by atoms with E-state index in [-0.39, 0.29) is 12.6 Å². The van der Waals surface area contributed by atoms with Gasteiger partial charge in [0.2, 0.25) is 0 Å². The molecule has 1 aliphatic heterocycles. The normalized spacial score (nSPS) is 21.6. The topological polar surface area (TPSA) is 111 Å². The lowest BCUT2D eigenvalue weighted by atomic mass is 9.77. The van der Waals surface area contributed by atoms with Crippen LogP contribution in [0.4, 0.5) is 35.5 Å². The van der Waals surface area contributed by atoms with E-state index in [1.807, 2.05) is 0 Å². The lowest BCUT2D eigenvalue weighted by molar-refractivity contribution is -0.143. The molecule has 274 valence electrons. The molecule has 0 radical (unpaired) electrons. The van der Waals surface area contributed by atoms with E-state index in [1.165, 1.54) is 26.0 Å². The maximum absolute atomic E-state index is 14.1. The molecule has 0 aliphatic carbocycles. The number of halogens is 7. The number of rotatable bonds is 9. The van der Waals surface area contributed by atoms with E-state index < -0.39 is 105 Å². The van der Waals surface area contributed by atoms with Crippen molar-refractivity contribution in [2.24, 2.45) is 0 Å². The first kappa shape index (κ1) is 40.4. The molecule has 1 fully saturated rings. The minimum absolute atomic E-state index is 0.00820. The molecule has 2 N–H and O–H groups in total. The highest BCUT2D eigenvalue weighted by Gasteiger charge is 2.58. The maximum atomic E-state index is 14.1. The summed E-state index contributed by atoms with van der Waals surface area (Å²) in [6.07, 6.45) is -14.5. The molecule has 6 atom stereocenters. The Morgan fingerprint density at radius 3 is 1.90 bits per heavy atom. The van der Waals surface area contributed by atoms with E-state index >= 15 is 0 Å². The van der Waals surface area contributed by atoms with Gasteiger partial charge in [0.15, 0.2) is 0 Å². The van der Waals surface area contributed by atoms with Crippen LogP contribution in [0.1, 0.15) is 96.1 Å². The lowest BCUT2D eigenvalue weighted by Gasteiger charge is -2.43. The zero-order valence-corrected chi connectivity index (χ0v) is 29.1. The van der Waals surface area contributed by atoms with Crippen LogP contribution >= 0.6 is 0 Å². The van der Waals surface area contributed by atoms with Crippen LogP contribution in [-0.4, -0.2) is 61.2 Å². The Morgan fingerprint density at radius 1 is 0.959 bits per heavy atom. The van der Waals surface area contributed by atoms with Gasteiger partial charge in [-0.2, -0.15) is 26.3 Å². The third-order valence-electron chi connectivity index (χ3n) is 7.85. The molecule has 1 saturated heterocycles. The number of carboxylic acid groups (broad SMARTS) is 1. The van der Waals surface area contributed by atoms with Gasteiger partial charge < -0.3 is 19.1 Å². The smallest absolute Gasteiger partial charge is 0.416 e. The van der Waals surface area contributed by atoms with Crippen molar-refractivity contribution in [2.45, 2.75) is 114 Å². The molecule has 0 spiro atoms. The maximum Gasteiger partial charge on any atom is 0.416 e. The largest absolute Gasteiger partial charge is 0.598 e. The predicted octanol–water partition coefficient (Wildman–Crippen LogP) is 8.00. The highest BCUT2D eigenvalue weighted by atomic mass is 32.2. The number of carboxylic acids is 1. The van der Waals surface area contributed by atoms with Gasteiger partial charge in [-0.25, -0.2) is 9.18 Å². The van der Waals surface area contributed by atoms with E-state index in [4.69, 9.17) is 9.47 Å². The van der Waals surface area contributed by atoms with Crippen molar-refractivity contribution in [3.63, 3.8) is 0 Å². The lowest BCUT2D eigenvalue weighted by Crippen LogP contribution is -2.64. The molecular weight excluding hydrogens is 685 g/mol. The minimum Gasteiger partial charge on any atom is -0.598 e. The fourth-order valence-corrected chi connectivity index (χ4v) is 6.63. The first-order valence-corrected chi connectivity index (χ1v) is 16.4. The zero-order valence-electron chi connectivity index (χ0n) is 28.3. The van der Waals surface area contributed by atoms with E-state index in [0.717, 1.165) is 17.0 Å². The number of nitrogens with zero attached hydrogens (tertiary/aromatic N) is 1. The summed E-state index contributed by atoms with van der Waals surface area (Å²) in [7, 11) is 0. The number of hydrogen-bond donors (Lipinski definition) is 2. The molecule has 1 heterocycles. The number of aliphatic carboxylic acids is 1. The second kappa shape index (κ2) is 14.3. The molecule has 2 aromatic rings. The van der Waals surface area contributed by atoms with Crippen molar-refractivity contribution < 1.29 is 59.5 Å². The van der Waals surface area contributed by atoms with Crippen molar-refractivity contribution in [3.05, 3.63) is 70.5 Å². The second-order valence-electron chi connectivity index (χ2n) is 14.3. The van der Waals surface area contributed by atoms with Crippen molar-refractivity contribution in [3.8, 4) is 0 Å².